The quantitative estimate of drug-likeness (QED) is 0.575. The van der Waals surface area contributed by atoms with Crippen LogP contribution in [0.5, 0.6) is 0 Å². The molecule has 0 radical (unpaired) electrons. The average molecular weight is 338 g/mol. The van der Waals surface area contributed by atoms with Gasteiger partial charge in [-0.05, 0) is 50.9 Å². The molecule has 23 heavy (non-hydrogen) atoms. The van der Waals surface area contributed by atoms with Gasteiger partial charge in [0.2, 0.25) is 0 Å². The van der Waals surface area contributed by atoms with Crippen LogP contribution in [-0.2, 0) is 11.4 Å². The lowest BCUT2D eigenvalue weighted by Crippen LogP contribution is -2.40. The summed E-state index contributed by atoms with van der Waals surface area (Å²) in [6, 6.07) is 3.91. The number of fused-ring (bicyclic) bond motifs is 1. The molecule has 1 aromatic heterocycles. The molecule has 2 aromatic rings. The zero-order valence-electron chi connectivity index (χ0n) is 13.5. The van der Waals surface area contributed by atoms with Crippen molar-refractivity contribution in [3.63, 3.8) is 0 Å². The third-order valence-corrected chi connectivity index (χ3v) is 5.14. The summed E-state index contributed by atoms with van der Waals surface area (Å²) in [5, 5.41) is 19.0. The van der Waals surface area contributed by atoms with E-state index in [4.69, 9.17) is 0 Å². The van der Waals surface area contributed by atoms with E-state index in [2.05, 4.69) is 9.71 Å². The van der Waals surface area contributed by atoms with Gasteiger partial charge in [-0.25, -0.2) is 4.39 Å². The van der Waals surface area contributed by atoms with Crippen LogP contribution < -0.4 is 10.2 Å². The second-order valence-electron chi connectivity index (χ2n) is 6.39. The third-order valence-electron chi connectivity index (χ3n) is 3.46. The molecule has 5 nitrogen and oxygen atoms in total. The van der Waals surface area contributed by atoms with Crippen LogP contribution in [0.3, 0.4) is 0 Å². The fraction of sp³-hybridized carbons (Fsp3) is 0.400. The Hall–Kier alpha value is -1.19. The van der Waals surface area contributed by atoms with Crippen LogP contribution in [0.1, 0.15) is 39.3 Å². The third kappa shape index (κ3) is 4.02. The Bertz CT molecular complexity index is 709. The van der Waals surface area contributed by atoms with Gasteiger partial charge in [-0.2, -0.15) is 0 Å². The van der Waals surface area contributed by atoms with Gasteiger partial charge in [0, 0.05) is 22.9 Å². The van der Waals surface area contributed by atoms with Crippen molar-refractivity contribution in [1.82, 2.24) is 9.71 Å². The zero-order valence-corrected chi connectivity index (χ0v) is 14.3. The lowest BCUT2D eigenvalue weighted by molar-refractivity contribution is 0.425. The molecule has 0 aliphatic carbocycles. The van der Waals surface area contributed by atoms with Gasteiger partial charge in [-0.15, -0.1) is 4.72 Å². The van der Waals surface area contributed by atoms with Crippen LogP contribution in [0.15, 0.2) is 24.4 Å². The van der Waals surface area contributed by atoms with E-state index in [1.165, 1.54) is 12.3 Å². The van der Waals surface area contributed by atoms with Crippen LogP contribution in [-0.4, -0.2) is 31.5 Å². The molecule has 0 fully saturated rings. The highest BCUT2D eigenvalue weighted by Gasteiger charge is 2.29. The normalized spacial score (nSPS) is 14.8. The van der Waals surface area contributed by atoms with Crippen molar-refractivity contribution < 1.29 is 19.0 Å². The van der Waals surface area contributed by atoms with Crippen molar-refractivity contribution in [1.29, 1.82) is 0 Å². The summed E-state index contributed by atoms with van der Waals surface area (Å²) >= 11 is -1.29. The smallest absolute Gasteiger partial charge is 0.488 e. The number of halogens is 1. The van der Waals surface area contributed by atoms with Gasteiger partial charge in [-0.1, -0.05) is 6.07 Å². The predicted molar refractivity (Wildman–Crippen MR) is 91.0 cm³/mol. The van der Waals surface area contributed by atoms with Crippen LogP contribution in [0.2, 0.25) is 0 Å². The number of nitrogens with one attached hydrogen (secondary N) is 1. The summed E-state index contributed by atoms with van der Waals surface area (Å²) in [4.78, 5) is 4.01. The molecule has 124 valence electrons. The summed E-state index contributed by atoms with van der Waals surface area (Å²) in [5.74, 6) is -0.628. The highest BCUT2D eigenvalue weighted by molar-refractivity contribution is 7.90. The van der Waals surface area contributed by atoms with E-state index in [1.54, 1.807) is 6.07 Å². The Morgan fingerprint density at radius 2 is 2.00 bits per heavy atom. The molecule has 0 spiro atoms. The number of pyridine rings is 1. The standard InChI is InChI=1S/C15H20BFN2O3S/c1-9(19-23(22)15(2,3)4)11-5-6-18-14-12(11)7-10(16(20)21)8-13(14)17/h5-9,19-21H,1-4H3/t9?,23-/m0/s1. The van der Waals surface area contributed by atoms with Crippen molar-refractivity contribution >= 4 is 34.8 Å². The Morgan fingerprint density at radius 1 is 1.35 bits per heavy atom. The lowest BCUT2D eigenvalue weighted by Gasteiger charge is -2.27. The predicted octanol–water partition coefficient (Wildman–Crippen LogP) is 1.17. The van der Waals surface area contributed by atoms with E-state index in [-0.39, 0.29) is 17.0 Å². The molecule has 0 saturated heterocycles. The van der Waals surface area contributed by atoms with E-state index < -0.39 is 29.0 Å². The van der Waals surface area contributed by atoms with Crippen molar-refractivity contribution in [2.24, 2.45) is 0 Å². The molecule has 1 aromatic carbocycles. The maximum absolute atomic E-state index is 14.1. The number of hydrogen-bond donors (Lipinski definition) is 3. The summed E-state index contributed by atoms with van der Waals surface area (Å²) in [5.41, 5.74) is 0.879. The van der Waals surface area contributed by atoms with Crippen molar-refractivity contribution in [2.45, 2.75) is 38.5 Å². The molecule has 3 N–H and O–H groups in total. The SMILES string of the molecule is CC(N[S@@+]([O-])C(C)(C)C)c1ccnc2c(F)cc(B(O)O)cc12. The van der Waals surface area contributed by atoms with Crippen LogP contribution in [0.4, 0.5) is 4.39 Å². The fourth-order valence-electron chi connectivity index (χ4n) is 2.18. The Morgan fingerprint density at radius 3 is 2.57 bits per heavy atom. The summed E-state index contributed by atoms with van der Waals surface area (Å²) in [7, 11) is -1.77. The largest absolute Gasteiger partial charge is 0.598 e. The Kier molecular flexibility index (Phi) is 5.32. The van der Waals surface area contributed by atoms with Gasteiger partial charge in [0.15, 0.2) is 0 Å². The van der Waals surface area contributed by atoms with Crippen molar-refractivity contribution in [2.75, 3.05) is 0 Å². The van der Waals surface area contributed by atoms with E-state index in [0.717, 1.165) is 6.07 Å². The van der Waals surface area contributed by atoms with Crippen LogP contribution >= 0.6 is 0 Å². The van der Waals surface area contributed by atoms with E-state index in [1.807, 2.05) is 27.7 Å². The highest BCUT2D eigenvalue weighted by atomic mass is 32.2. The number of rotatable bonds is 4. The van der Waals surface area contributed by atoms with Crippen molar-refractivity contribution in [3.8, 4) is 0 Å². The first-order valence-corrected chi connectivity index (χ1v) is 8.38. The van der Waals surface area contributed by atoms with Gasteiger partial charge in [0.05, 0.1) is 6.04 Å². The number of hydrogen-bond acceptors (Lipinski definition) is 5. The summed E-state index contributed by atoms with van der Waals surface area (Å²) in [6.07, 6.45) is 1.48. The molecule has 0 bridgehead atoms. The molecule has 1 unspecified atom stereocenters. The maximum atomic E-state index is 14.1. The monoisotopic (exact) mass is 338 g/mol. The molecule has 0 amide bonds. The topological polar surface area (TPSA) is 88.4 Å². The van der Waals surface area contributed by atoms with Crippen LogP contribution in [0.25, 0.3) is 10.9 Å². The second-order valence-corrected chi connectivity index (χ2v) is 8.39. The first-order valence-electron chi connectivity index (χ1n) is 7.23. The van der Waals surface area contributed by atoms with E-state index >= 15 is 0 Å². The van der Waals surface area contributed by atoms with Gasteiger partial charge >= 0.3 is 7.12 Å². The Balaban J connectivity index is 2.48. The van der Waals surface area contributed by atoms with Crippen LogP contribution in [0, 0.1) is 5.82 Å². The minimum absolute atomic E-state index is 0.0494. The maximum Gasteiger partial charge on any atom is 0.488 e. The Labute approximate surface area is 138 Å². The zero-order chi connectivity index (χ0) is 17.4. The first kappa shape index (κ1) is 18.2. The minimum Gasteiger partial charge on any atom is -0.598 e. The number of aromatic nitrogens is 1. The molecule has 0 saturated carbocycles. The molecule has 8 heteroatoms. The molecule has 0 aliphatic rings. The van der Waals surface area contributed by atoms with Gasteiger partial charge < -0.3 is 14.6 Å². The first-order chi connectivity index (χ1) is 10.6. The molecular weight excluding hydrogens is 318 g/mol. The average Bonchev–Trinajstić information content (AvgIpc) is 2.45. The highest BCUT2D eigenvalue weighted by Crippen LogP contribution is 2.26. The van der Waals surface area contributed by atoms with Crippen molar-refractivity contribution in [3.05, 3.63) is 35.8 Å². The molecule has 1 heterocycles. The number of nitrogens with zero attached hydrogens (tertiary/aromatic N) is 1. The minimum atomic E-state index is -1.77. The van der Waals surface area contributed by atoms with E-state index in [9.17, 15) is 19.0 Å². The second kappa shape index (κ2) is 6.74. The number of benzene rings is 1. The molecule has 0 aliphatic heterocycles. The molecule has 2 rings (SSSR count). The van der Waals surface area contributed by atoms with Gasteiger partial charge in [0.1, 0.15) is 16.1 Å². The summed E-state index contributed by atoms with van der Waals surface area (Å²) < 4.78 is 29.0. The molecule has 2 atom stereocenters. The lowest BCUT2D eigenvalue weighted by atomic mass is 9.79. The van der Waals surface area contributed by atoms with Gasteiger partial charge in [-0.3, -0.25) is 4.98 Å². The molecular formula is C15H20BFN2O3S. The van der Waals surface area contributed by atoms with E-state index in [0.29, 0.717) is 10.9 Å². The fourth-order valence-corrected chi connectivity index (χ4v) is 2.98. The van der Waals surface area contributed by atoms with Gasteiger partial charge in [0.25, 0.3) is 0 Å². The summed E-state index contributed by atoms with van der Waals surface area (Å²) in [6.45, 7) is 7.38.